The second kappa shape index (κ2) is 7.62. The van der Waals surface area contributed by atoms with E-state index in [4.69, 9.17) is 5.11 Å². The number of carboxylic acids is 1. The van der Waals surface area contributed by atoms with E-state index in [1.807, 2.05) is 13.1 Å². The predicted molar refractivity (Wildman–Crippen MR) is 110 cm³/mol. The molecule has 0 aliphatic carbocycles. The molecule has 0 fully saturated rings. The first-order valence-corrected chi connectivity index (χ1v) is 9.07. The van der Waals surface area contributed by atoms with Gasteiger partial charge in [-0.3, -0.25) is 4.99 Å². The molecule has 0 saturated heterocycles. The van der Waals surface area contributed by atoms with E-state index in [0.29, 0.717) is 0 Å². The van der Waals surface area contributed by atoms with E-state index in [-0.39, 0.29) is 5.56 Å². The zero-order valence-corrected chi connectivity index (χ0v) is 16.2. The Balaban J connectivity index is 1.92. The van der Waals surface area contributed by atoms with Crippen LogP contribution in [0.2, 0.25) is 0 Å². The van der Waals surface area contributed by atoms with Crippen molar-refractivity contribution >= 4 is 17.9 Å². The SMILES string of the molecule is CCc1ccc(-n2c(C)cc(C=Nc3ccc(C(=O)O)cc3C)c2C)cc1. The lowest BCUT2D eigenvalue weighted by atomic mass is 10.1. The van der Waals surface area contributed by atoms with E-state index in [1.165, 1.54) is 5.56 Å². The number of aromatic nitrogens is 1. The van der Waals surface area contributed by atoms with Gasteiger partial charge in [0.2, 0.25) is 0 Å². The molecule has 0 amide bonds. The Labute approximate surface area is 159 Å². The molecule has 0 saturated carbocycles. The second-order valence-corrected chi connectivity index (χ2v) is 6.75. The molecule has 1 aromatic heterocycles. The van der Waals surface area contributed by atoms with E-state index in [0.717, 1.165) is 40.3 Å². The Morgan fingerprint density at radius 1 is 1.07 bits per heavy atom. The topological polar surface area (TPSA) is 54.6 Å². The number of aliphatic imine (C=N–C) groups is 1. The van der Waals surface area contributed by atoms with Crippen LogP contribution in [-0.4, -0.2) is 21.9 Å². The van der Waals surface area contributed by atoms with Gasteiger partial charge in [0.25, 0.3) is 0 Å². The van der Waals surface area contributed by atoms with Crippen molar-refractivity contribution in [2.45, 2.75) is 34.1 Å². The van der Waals surface area contributed by atoms with E-state index in [2.05, 4.69) is 60.7 Å². The smallest absolute Gasteiger partial charge is 0.335 e. The second-order valence-electron chi connectivity index (χ2n) is 6.75. The summed E-state index contributed by atoms with van der Waals surface area (Å²) in [7, 11) is 0. The van der Waals surface area contributed by atoms with Gasteiger partial charge in [0.05, 0.1) is 11.3 Å². The molecule has 4 heteroatoms. The fourth-order valence-corrected chi connectivity index (χ4v) is 3.27. The molecule has 1 heterocycles. The minimum absolute atomic E-state index is 0.278. The molecule has 0 atom stereocenters. The summed E-state index contributed by atoms with van der Waals surface area (Å²) >= 11 is 0. The highest BCUT2D eigenvalue weighted by atomic mass is 16.4. The molecule has 0 radical (unpaired) electrons. The molecule has 0 aliphatic heterocycles. The standard InChI is InChI=1S/C23H24N2O2/c1-5-18-6-9-21(10-7-18)25-16(3)13-20(17(25)4)14-24-22-11-8-19(23(26)27)12-15(22)2/h6-14H,5H2,1-4H3,(H,26,27). The van der Waals surface area contributed by atoms with Gasteiger partial charge in [0.1, 0.15) is 0 Å². The number of benzene rings is 2. The van der Waals surface area contributed by atoms with Crippen molar-refractivity contribution in [2.75, 3.05) is 0 Å². The van der Waals surface area contributed by atoms with Crippen molar-refractivity contribution in [3.63, 3.8) is 0 Å². The Kier molecular flexibility index (Phi) is 5.26. The van der Waals surface area contributed by atoms with Crippen LogP contribution in [-0.2, 0) is 6.42 Å². The van der Waals surface area contributed by atoms with Crippen molar-refractivity contribution in [2.24, 2.45) is 4.99 Å². The highest BCUT2D eigenvalue weighted by molar-refractivity contribution is 5.89. The summed E-state index contributed by atoms with van der Waals surface area (Å²) < 4.78 is 2.22. The van der Waals surface area contributed by atoms with Gasteiger partial charge in [-0.05, 0) is 74.7 Å². The monoisotopic (exact) mass is 360 g/mol. The molecule has 0 bridgehead atoms. The molecule has 0 unspecified atom stereocenters. The minimum Gasteiger partial charge on any atom is -0.478 e. The van der Waals surface area contributed by atoms with Crippen molar-refractivity contribution in [3.8, 4) is 5.69 Å². The Morgan fingerprint density at radius 3 is 2.37 bits per heavy atom. The summed E-state index contributed by atoms with van der Waals surface area (Å²) in [4.78, 5) is 15.6. The minimum atomic E-state index is -0.925. The summed E-state index contributed by atoms with van der Waals surface area (Å²) in [6.07, 6.45) is 2.88. The summed E-state index contributed by atoms with van der Waals surface area (Å²) in [6.45, 7) is 8.20. The molecule has 4 nitrogen and oxygen atoms in total. The molecule has 1 N–H and O–H groups in total. The molecular weight excluding hydrogens is 336 g/mol. The number of carboxylic acid groups (broad SMARTS) is 1. The van der Waals surface area contributed by atoms with Gasteiger partial charge in [-0.1, -0.05) is 19.1 Å². The Bertz CT molecular complexity index is 1010. The Morgan fingerprint density at radius 2 is 1.78 bits per heavy atom. The maximum atomic E-state index is 11.1. The van der Waals surface area contributed by atoms with Crippen LogP contribution in [0.1, 0.15) is 45.4 Å². The van der Waals surface area contributed by atoms with Gasteiger partial charge < -0.3 is 9.67 Å². The zero-order valence-electron chi connectivity index (χ0n) is 16.2. The average molecular weight is 360 g/mol. The van der Waals surface area contributed by atoms with Gasteiger partial charge >= 0.3 is 5.97 Å². The van der Waals surface area contributed by atoms with Crippen LogP contribution < -0.4 is 0 Å². The number of nitrogens with zero attached hydrogens (tertiary/aromatic N) is 2. The van der Waals surface area contributed by atoms with Gasteiger partial charge in [-0.25, -0.2) is 4.79 Å². The van der Waals surface area contributed by atoms with Gasteiger partial charge in [0, 0.05) is 28.9 Å². The normalized spacial score (nSPS) is 11.3. The van der Waals surface area contributed by atoms with Crippen LogP contribution in [0, 0.1) is 20.8 Å². The van der Waals surface area contributed by atoms with Crippen molar-refractivity contribution in [1.29, 1.82) is 0 Å². The molecule has 3 rings (SSSR count). The molecule has 138 valence electrons. The van der Waals surface area contributed by atoms with Crippen molar-refractivity contribution < 1.29 is 9.90 Å². The van der Waals surface area contributed by atoms with Gasteiger partial charge in [-0.2, -0.15) is 0 Å². The largest absolute Gasteiger partial charge is 0.478 e. The molecule has 0 spiro atoms. The molecular formula is C23H24N2O2. The molecule has 3 aromatic rings. The fourth-order valence-electron chi connectivity index (χ4n) is 3.27. The van der Waals surface area contributed by atoms with Crippen LogP contribution in [0.25, 0.3) is 5.69 Å². The summed E-state index contributed by atoms with van der Waals surface area (Å²) in [5.41, 5.74) is 7.68. The number of carbonyl (C=O) groups is 1. The van der Waals surface area contributed by atoms with Crippen LogP contribution in [0.15, 0.2) is 53.5 Å². The van der Waals surface area contributed by atoms with Crippen molar-refractivity contribution in [1.82, 2.24) is 4.57 Å². The lowest BCUT2D eigenvalue weighted by Crippen LogP contribution is -1.99. The quantitative estimate of drug-likeness (QED) is 0.618. The number of rotatable bonds is 5. The molecule has 2 aromatic carbocycles. The first-order chi connectivity index (χ1) is 12.9. The summed E-state index contributed by atoms with van der Waals surface area (Å²) in [6, 6.07) is 15.7. The molecule has 0 aliphatic rings. The maximum absolute atomic E-state index is 11.1. The van der Waals surface area contributed by atoms with E-state index in [1.54, 1.807) is 18.2 Å². The van der Waals surface area contributed by atoms with Gasteiger partial charge in [-0.15, -0.1) is 0 Å². The number of hydrogen-bond donors (Lipinski definition) is 1. The van der Waals surface area contributed by atoms with Crippen molar-refractivity contribution in [3.05, 3.63) is 82.2 Å². The fraction of sp³-hybridized carbons (Fsp3) is 0.217. The Hall–Kier alpha value is -3.14. The van der Waals surface area contributed by atoms with Crippen LogP contribution in [0.5, 0.6) is 0 Å². The highest BCUT2D eigenvalue weighted by Crippen LogP contribution is 2.23. The third kappa shape index (κ3) is 3.85. The number of aromatic carboxylic acids is 1. The maximum Gasteiger partial charge on any atom is 0.335 e. The lowest BCUT2D eigenvalue weighted by molar-refractivity contribution is 0.0697. The third-order valence-corrected chi connectivity index (χ3v) is 4.86. The summed E-state index contributed by atoms with van der Waals surface area (Å²) in [5, 5.41) is 9.08. The van der Waals surface area contributed by atoms with E-state index in [9.17, 15) is 4.79 Å². The summed E-state index contributed by atoms with van der Waals surface area (Å²) in [5.74, 6) is -0.925. The molecule has 27 heavy (non-hydrogen) atoms. The van der Waals surface area contributed by atoms with E-state index < -0.39 is 5.97 Å². The lowest BCUT2D eigenvalue weighted by Gasteiger charge is -2.10. The number of aryl methyl sites for hydroxylation is 3. The van der Waals surface area contributed by atoms with Gasteiger partial charge in [0.15, 0.2) is 0 Å². The first kappa shape index (κ1) is 18.6. The first-order valence-electron chi connectivity index (χ1n) is 9.07. The van der Waals surface area contributed by atoms with Crippen LogP contribution >= 0.6 is 0 Å². The zero-order chi connectivity index (χ0) is 19.6. The van der Waals surface area contributed by atoms with Crippen LogP contribution in [0.4, 0.5) is 5.69 Å². The third-order valence-electron chi connectivity index (χ3n) is 4.86. The predicted octanol–water partition coefficient (Wildman–Crippen LogP) is 5.41. The highest BCUT2D eigenvalue weighted by Gasteiger charge is 2.10. The van der Waals surface area contributed by atoms with E-state index >= 15 is 0 Å². The average Bonchev–Trinajstić information content (AvgIpc) is 2.94. The van der Waals surface area contributed by atoms with Crippen LogP contribution in [0.3, 0.4) is 0 Å². The number of hydrogen-bond acceptors (Lipinski definition) is 2.